The van der Waals surface area contributed by atoms with E-state index < -0.39 is 0 Å². The van der Waals surface area contributed by atoms with Crippen LogP contribution in [0, 0.1) is 12.7 Å². The molecular formula is C10H10FN3S. The number of benzene rings is 1. The van der Waals surface area contributed by atoms with Crippen LogP contribution in [0.15, 0.2) is 18.2 Å². The highest BCUT2D eigenvalue weighted by atomic mass is 32.1. The van der Waals surface area contributed by atoms with Crippen LogP contribution in [0.3, 0.4) is 0 Å². The molecule has 1 aromatic carbocycles. The molecule has 0 bridgehead atoms. The Hall–Kier alpha value is -1.33. The zero-order valence-electron chi connectivity index (χ0n) is 8.20. The number of nitrogens with zero attached hydrogens (tertiary/aromatic N) is 2. The van der Waals surface area contributed by atoms with Gasteiger partial charge in [-0.1, -0.05) is 17.4 Å². The Morgan fingerprint density at radius 1 is 1.40 bits per heavy atom. The molecule has 1 heterocycles. The zero-order chi connectivity index (χ0) is 10.8. The molecule has 2 N–H and O–H groups in total. The average molecular weight is 223 g/mol. The van der Waals surface area contributed by atoms with Gasteiger partial charge in [-0.25, -0.2) is 4.39 Å². The molecule has 3 nitrogen and oxygen atoms in total. The Balaban J connectivity index is 2.48. The summed E-state index contributed by atoms with van der Waals surface area (Å²) >= 11 is 1.39. The van der Waals surface area contributed by atoms with Crippen molar-refractivity contribution >= 4 is 11.3 Å². The first-order valence-corrected chi connectivity index (χ1v) is 5.31. The number of hydrogen-bond donors (Lipinski definition) is 1. The van der Waals surface area contributed by atoms with E-state index >= 15 is 0 Å². The van der Waals surface area contributed by atoms with E-state index in [2.05, 4.69) is 10.2 Å². The van der Waals surface area contributed by atoms with Crippen LogP contribution in [-0.4, -0.2) is 10.2 Å². The smallest absolute Gasteiger partial charge is 0.148 e. The summed E-state index contributed by atoms with van der Waals surface area (Å²) in [6.07, 6.45) is 0. The standard InChI is InChI=1S/C10H10FN3S/c1-6-2-3-7(11)4-8(6)10-14-13-9(5-12)15-10/h2-4H,5,12H2,1H3. The van der Waals surface area contributed by atoms with Crippen LogP contribution < -0.4 is 5.73 Å². The van der Waals surface area contributed by atoms with Crippen LogP contribution in [0.25, 0.3) is 10.6 Å². The van der Waals surface area contributed by atoms with Gasteiger partial charge in [-0.05, 0) is 24.6 Å². The topological polar surface area (TPSA) is 51.8 Å². The molecule has 2 aromatic rings. The molecule has 15 heavy (non-hydrogen) atoms. The largest absolute Gasteiger partial charge is 0.324 e. The molecular weight excluding hydrogens is 213 g/mol. The predicted octanol–water partition coefficient (Wildman–Crippen LogP) is 2.11. The quantitative estimate of drug-likeness (QED) is 0.848. The van der Waals surface area contributed by atoms with Gasteiger partial charge in [0.25, 0.3) is 0 Å². The first-order valence-electron chi connectivity index (χ1n) is 4.49. The van der Waals surface area contributed by atoms with E-state index in [1.165, 1.54) is 23.5 Å². The highest BCUT2D eigenvalue weighted by molar-refractivity contribution is 7.14. The van der Waals surface area contributed by atoms with E-state index in [-0.39, 0.29) is 5.82 Å². The van der Waals surface area contributed by atoms with Gasteiger partial charge in [-0.3, -0.25) is 0 Å². The molecule has 0 unspecified atom stereocenters. The summed E-state index contributed by atoms with van der Waals surface area (Å²) in [4.78, 5) is 0. The van der Waals surface area contributed by atoms with Gasteiger partial charge >= 0.3 is 0 Å². The van der Waals surface area contributed by atoms with Gasteiger partial charge in [0.2, 0.25) is 0 Å². The molecule has 5 heteroatoms. The van der Waals surface area contributed by atoms with Gasteiger partial charge in [0.05, 0.1) is 0 Å². The van der Waals surface area contributed by atoms with Crippen molar-refractivity contribution in [1.29, 1.82) is 0 Å². The molecule has 0 atom stereocenters. The Kier molecular flexibility index (Phi) is 2.75. The van der Waals surface area contributed by atoms with E-state index in [0.717, 1.165) is 16.1 Å². The molecule has 0 saturated carbocycles. The van der Waals surface area contributed by atoms with Crippen molar-refractivity contribution in [2.45, 2.75) is 13.5 Å². The van der Waals surface area contributed by atoms with Crippen LogP contribution in [-0.2, 0) is 6.54 Å². The predicted molar refractivity (Wildman–Crippen MR) is 57.9 cm³/mol. The van der Waals surface area contributed by atoms with Crippen molar-refractivity contribution in [3.63, 3.8) is 0 Å². The van der Waals surface area contributed by atoms with Crippen LogP contribution in [0.1, 0.15) is 10.6 Å². The van der Waals surface area contributed by atoms with E-state index in [1.54, 1.807) is 6.07 Å². The summed E-state index contributed by atoms with van der Waals surface area (Å²) in [5.41, 5.74) is 7.21. The SMILES string of the molecule is Cc1ccc(F)cc1-c1nnc(CN)s1. The van der Waals surface area contributed by atoms with Crippen molar-refractivity contribution in [1.82, 2.24) is 10.2 Å². The normalized spacial score (nSPS) is 10.6. The van der Waals surface area contributed by atoms with Crippen molar-refractivity contribution in [3.05, 3.63) is 34.6 Å². The second-order valence-electron chi connectivity index (χ2n) is 3.16. The van der Waals surface area contributed by atoms with Crippen molar-refractivity contribution < 1.29 is 4.39 Å². The van der Waals surface area contributed by atoms with Gasteiger partial charge in [0, 0.05) is 12.1 Å². The Morgan fingerprint density at radius 3 is 2.87 bits per heavy atom. The number of aromatic nitrogens is 2. The lowest BCUT2D eigenvalue weighted by atomic mass is 10.1. The lowest BCUT2D eigenvalue weighted by molar-refractivity contribution is 0.628. The lowest BCUT2D eigenvalue weighted by Gasteiger charge is -2.00. The van der Waals surface area contributed by atoms with E-state index in [9.17, 15) is 4.39 Å². The molecule has 0 amide bonds. The van der Waals surface area contributed by atoms with Crippen LogP contribution >= 0.6 is 11.3 Å². The van der Waals surface area contributed by atoms with Gasteiger partial charge in [0.15, 0.2) is 0 Å². The number of aryl methyl sites for hydroxylation is 1. The lowest BCUT2D eigenvalue weighted by Crippen LogP contribution is -1.94. The summed E-state index contributed by atoms with van der Waals surface area (Å²) in [6.45, 7) is 2.28. The molecule has 0 spiro atoms. The molecule has 0 radical (unpaired) electrons. The molecule has 0 fully saturated rings. The van der Waals surface area contributed by atoms with Gasteiger partial charge in [0.1, 0.15) is 15.8 Å². The van der Waals surface area contributed by atoms with Gasteiger partial charge in [-0.2, -0.15) is 0 Å². The minimum absolute atomic E-state index is 0.264. The first kappa shape index (κ1) is 10.2. The second-order valence-corrected chi connectivity index (χ2v) is 4.23. The fourth-order valence-corrected chi connectivity index (χ4v) is 2.07. The summed E-state index contributed by atoms with van der Waals surface area (Å²) in [5.74, 6) is -0.264. The van der Waals surface area contributed by atoms with Crippen molar-refractivity contribution in [3.8, 4) is 10.6 Å². The summed E-state index contributed by atoms with van der Waals surface area (Å²) < 4.78 is 13.1. The maximum atomic E-state index is 13.1. The number of nitrogens with two attached hydrogens (primary N) is 1. The van der Waals surface area contributed by atoms with Crippen LogP contribution in [0.4, 0.5) is 4.39 Å². The third kappa shape index (κ3) is 2.03. The summed E-state index contributed by atoms with van der Waals surface area (Å²) in [6, 6.07) is 4.63. The van der Waals surface area contributed by atoms with Crippen molar-refractivity contribution in [2.75, 3.05) is 0 Å². The molecule has 0 aliphatic rings. The number of rotatable bonds is 2. The number of halogens is 1. The van der Waals surface area contributed by atoms with Crippen LogP contribution in [0.2, 0.25) is 0 Å². The number of hydrogen-bond acceptors (Lipinski definition) is 4. The van der Waals surface area contributed by atoms with E-state index in [1.807, 2.05) is 6.92 Å². The maximum absolute atomic E-state index is 13.1. The van der Waals surface area contributed by atoms with E-state index in [0.29, 0.717) is 11.6 Å². The maximum Gasteiger partial charge on any atom is 0.148 e. The van der Waals surface area contributed by atoms with Gasteiger partial charge < -0.3 is 5.73 Å². The molecule has 78 valence electrons. The van der Waals surface area contributed by atoms with E-state index in [4.69, 9.17) is 5.73 Å². The van der Waals surface area contributed by atoms with Crippen molar-refractivity contribution in [2.24, 2.45) is 5.73 Å². The fourth-order valence-electron chi connectivity index (χ4n) is 1.27. The second kappa shape index (κ2) is 4.04. The highest BCUT2D eigenvalue weighted by Gasteiger charge is 2.09. The molecule has 1 aromatic heterocycles. The van der Waals surface area contributed by atoms with Crippen LogP contribution in [0.5, 0.6) is 0 Å². The first-order chi connectivity index (χ1) is 7.20. The highest BCUT2D eigenvalue weighted by Crippen LogP contribution is 2.26. The molecule has 0 aliphatic carbocycles. The summed E-state index contributed by atoms with van der Waals surface area (Å²) in [5, 5.41) is 9.36. The Bertz CT molecular complexity index is 481. The molecule has 0 saturated heterocycles. The third-order valence-corrected chi connectivity index (χ3v) is 3.05. The van der Waals surface area contributed by atoms with Gasteiger partial charge in [-0.15, -0.1) is 10.2 Å². The molecule has 0 aliphatic heterocycles. The zero-order valence-corrected chi connectivity index (χ0v) is 9.01. The average Bonchev–Trinajstić information content (AvgIpc) is 2.70. The Morgan fingerprint density at radius 2 is 2.20 bits per heavy atom. The molecule has 2 rings (SSSR count). The minimum atomic E-state index is -0.264. The monoisotopic (exact) mass is 223 g/mol. The minimum Gasteiger partial charge on any atom is -0.324 e. The third-order valence-electron chi connectivity index (χ3n) is 2.07. The summed E-state index contributed by atoms with van der Waals surface area (Å²) in [7, 11) is 0. The Labute approximate surface area is 90.8 Å². The fraction of sp³-hybridized carbons (Fsp3) is 0.200.